The van der Waals surface area contributed by atoms with E-state index in [-0.39, 0.29) is 10.8 Å². The van der Waals surface area contributed by atoms with E-state index in [1.54, 1.807) is 0 Å². The van der Waals surface area contributed by atoms with Gasteiger partial charge in [-0.25, -0.2) is 0 Å². The molecule has 0 amide bonds. The largest absolute Gasteiger partial charge is 0.316 e. The molecule has 24 heavy (non-hydrogen) atoms. The van der Waals surface area contributed by atoms with Gasteiger partial charge in [-0.2, -0.15) is 0 Å². The van der Waals surface area contributed by atoms with Crippen LogP contribution >= 0.6 is 0 Å². The molecule has 0 fully saturated rings. The Balaban J connectivity index is 2.52. The van der Waals surface area contributed by atoms with E-state index in [9.17, 15) is 0 Å². The third-order valence-electron chi connectivity index (χ3n) is 6.20. The first kappa shape index (κ1) is 17.2. The quantitative estimate of drug-likeness (QED) is 0.730. The Bertz CT molecular complexity index is 792. The van der Waals surface area contributed by atoms with E-state index >= 15 is 0 Å². The Morgan fingerprint density at radius 2 is 1.62 bits per heavy atom. The number of nitrogens with zero attached hydrogens (tertiary/aromatic N) is 3. The lowest BCUT2D eigenvalue weighted by Gasteiger charge is -2.44. The lowest BCUT2D eigenvalue weighted by Crippen LogP contribution is -2.54. The summed E-state index contributed by atoms with van der Waals surface area (Å²) < 4.78 is 4.77. The molecule has 2 heterocycles. The summed E-state index contributed by atoms with van der Waals surface area (Å²) >= 11 is 0. The van der Waals surface area contributed by atoms with Crippen molar-refractivity contribution in [3.63, 3.8) is 0 Å². The minimum atomic E-state index is -0.0412. The maximum absolute atomic E-state index is 5.05. The van der Waals surface area contributed by atoms with Gasteiger partial charge in [-0.05, 0) is 49.7 Å². The Morgan fingerprint density at radius 1 is 1.00 bits per heavy atom. The van der Waals surface area contributed by atoms with Crippen molar-refractivity contribution in [1.29, 1.82) is 0 Å². The predicted octanol–water partition coefficient (Wildman–Crippen LogP) is 4.74. The van der Waals surface area contributed by atoms with E-state index < -0.39 is 0 Å². The van der Waals surface area contributed by atoms with Crippen LogP contribution in [0.2, 0.25) is 0 Å². The van der Waals surface area contributed by atoms with Gasteiger partial charge >= 0.3 is 5.82 Å². The van der Waals surface area contributed by atoms with Crippen LogP contribution < -0.4 is 4.68 Å². The second-order valence-electron chi connectivity index (χ2n) is 8.88. The van der Waals surface area contributed by atoms with E-state index in [4.69, 9.17) is 4.98 Å². The number of aromatic nitrogens is 3. The van der Waals surface area contributed by atoms with Crippen LogP contribution in [-0.2, 0) is 10.8 Å². The molecule has 3 rings (SSSR count). The number of hydrogen-bond acceptors (Lipinski definition) is 1. The summed E-state index contributed by atoms with van der Waals surface area (Å²) in [5, 5.41) is 0. The van der Waals surface area contributed by atoms with E-state index in [0.29, 0.717) is 12.0 Å². The van der Waals surface area contributed by atoms with Crippen molar-refractivity contribution in [1.82, 2.24) is 9.67 Å². The van der Waals surface area contributed by atoms with Crippen molar-refractivity contribution in [2.75, 3.05) is 0 Å². The molecular weight excluding hydrogens is 294 g/mol. The Hall–Kier alpha value is -1.64. The Morgan fingerprint density at radius 3 is 2.17 bits per heavy atom. The molecule has 1 aliphatic heterocycles. The van der Waals surface area contributed by atoms with E-state index in [2.05, 4.69) is 89.9 Å². The summed E-state index contributed by atoms with van der Waals surface area (Å²) in [6.07, 6.45) is 0. The standard InChI is InChI=1S/C21H32N3/c1-13(2)16-11-10-12-17-18(16)24-19(21(8,9)20(17,6)7)22-15(5)23(24)14(3)4/h10-14H,1-9H3/q+1. The molecule has 1 aromatic carbocycles. The van der Waals surface area contributed by atoms with E-state index in [1.165, 1.54) is 22.6 Å². The maximum atomic E-state index is 5.05. The number of aryl methyl sites for hydroxylation is 1. The third kappa shape index (κ3) is 2.03. The molecule has 130 valence electrons. The predicted molar refractivity (Wildman–Crippen MR) is 99.0 cm³/mol. The highest BCUT2D eigenvalue weighted by atomic mass is 15.5. The van der Waals surface area contributed by atoms with Gasteiger partial charge in [-0.1, -0.05) is 45.9 Å². The average molecular weight is 327 g/mol. The molecule has 0 unspecified atom stereocenters. The summed E-state index contributed by atoms with van der Waals surface area (Å²) in [5.41, 5.74) is 4.17. The molecule has 0 aliphatic carbocycles. The highest BCUT2D eigenvalue weighted by Crippen LogP contribution is 2.50. The molecule has 3 nitrogen and oxygen atoms in total. The van der Waals surface area contributed by atoms with Crippen LogP contribution in [0.25, 0.3) is 5.69 Å². The number of benzene rings is 1. The summed E-state index contributed by atoms with van der Waals surface area (Å²) in [4.78, 5) is 5.05. The molecule has 0 bridgehead atoms. The second-order valence-corrected chi connectivity index (χ2v) is 8.88. The van der Waals surface area contributed by atoms with Gasteiger partial charge in [0.1, 0.15) is 6.04 Å². The van der Waals surface area contributed by atoms with Crippen molar-refractivity contribution in [3.05, 3.63) is 41.0 Å². The molecule has 0 N–H and O–H groups in total. The van der Waals surface area contributed by atoms with Gasteiger partial charge in [0, 0.05) is 12.3 Å². The monoisotopic (exact) mass is 326 g/mol. The molecule has 0 spiro atoms. The van der Waals surface area contributed by atoms with Crippen molar-refractivity contribution in [3.8, 4) is 5.69 Å². The fraction of sp³-hybridized carbons (Fsp3) is 0.619. The molecule has 0 atom stereocenters. The van der Waals surface area contributed by atoms with Crippen LogP contribution in [0.4, 0.5) is 0 Å². The normalized spacial score (nSPS) is 18.0. The minimum absolute atomic E-state index is 0.0236. The first-order chi connectivity index (χ1) is 11.0. The van der Waals surface area contributed by atoms with Crippen molar-refractivity contribution in [2.45, 2.75) is 85.1 Å². The molecule has 0 saturated carbocycles. The molecule has 1 aliphatic rings. The fourth-order valence-corrected chi connectivity index (χ4v) is 4.11. The topological polar surface area (TPSA) is 21.7 Å². The summed E-state index contributed by atoms with van der Waals surface area (Å²) in [7, 11) is 0. The van der Waals surface area contributed by atoms with Crippen molar-refractivity contribution >= 4 is 0 Å². The van der Waals surface area contributed by atoms with Crippen LogP contribution in [0.1, 0.15) is 90.1 Å². The minimum Gasteiger partial charge on any atom is -0.146 e. The van der Waals surface area contributed by atoms with Crippen LogP contribution in [0.5, 0.6) is 0 Å². The Labute approximate surface area is 146 Å². The average Bonchev–Trinajstić information content (AvgIpc) is 2.83. The van der Waals surface area contributed by atoms with Gasteiger partial charge in [0.25, 0.3) is 5.82 Å². The van der Waals surface area contributed by atoms with Gasteiger partial charge < -0.3 is 0 Å². The highest BCUT2D eigenvalue weighted by molar-refractivity contribution is 5.56. The van der Waals surface area contributed by atoms with Crippen LogP contribution in [0, 0.1) is 6.92 Å². The smallest absolute Gasteiger partial charge is 0.146 e. The van der Waals surface area contributed by atoms with Gasteiger partial charge in [0.05, 0.1) is 11.1 Å². The molecule has 2 aromatic rings. The summed E-state index contributed by atoms with van der Waals surface area (Å²) in [6.45, 7) is 20.6. The van der Waals surface area contributed by atoms with Gasteiger partial charge in [-0.3, -0.25) is 0 Å². The molecule has 0 saturated heterocycles. The molecule has 3 heteroatoms. The first-order valence-electron chi connectivity index (χ1n) is 9.17. The van der Waals surface area contributed by atoms with Crippen molar-refractivity contribution < 1.29 is 4.68 Å². The maximum Gasteiger partial charge on any atom is 0.316 e. The zero-order valence-corrected chi connectivity index (χ0v) is 16.7. The molecular formula is C21H32N3+. The first-order valence-corrected chi connectivity index (χ1v) is 9.17. The lowest BCUT2D eigenvalue weighted by molar-refractivity contribution is -0.790. The lowest BCUT2D eigenvalue weighted by atomic mass is 9.61. The summed E-state index contributed by atoms with van der Waals surface area (Å²) in [5.74, 6) is 2.75. The number of rotatable bonds is 2. The number of hydrogen-bond donors (Lipinski definition) is 0. The van der Waals surface area contributed by atoms with Gasteiger partial charge in [-0.15, -0.1) is 9.36 Å². The SMILES string of the molecule is Cc1nc2n([n+]1C(C)C)-c1c(C(C)C)cccc1C(C)(C)C2(C)C. The van der Waals surface area contributed by atoms with Crippen LogP contribution in [0.3, 0.4) is 0 Å². The summed E-state index contributed by atoms with van der Waals surface area (Å²) in [6, 6.07) is 7.19. The molecule has 0 radical (unpaired) electrons. The van der Waals surface area contributed by atoms with E-state index in [1.807, 2.05) is 0 Å². The van der Waals surface area contributed by atoms with Gasteiger partial charge in [0.15, 0.2) is 0 Å². The fourth-order valence-electron chi connectivity index (χ4n) is 4.11. The second kappa shape index (κ2) is 5.18. The van der Waals surface area contributed by atoms with Gasteiger partial charge in [0.2, 0.25) is 0 Å². The highest BCUT2D eigenvalue weighted by Gasteiger charge is 2.53. The van der Waals surface area contributed by atoms with Crippen molar-refractivity contribution in [2.24, 2.45) is 0 Å². The van der Waals surface area contributed by atoms with E-state index in [0.717, 1.165) is 5.82 Å². The zero-order valence-electron chi connectivity index (χ0n) is 16.7. The zero-order chi connectivity index (χ0) is 18.0. The number of fused-ring (bicyclic) bond motifs is 3. The Kier molecular flexibility index (Phi) is 3.71. The van der Waals surface area contributed by atoms with Crippen LogP contribution in [-0.4, -0.2) is 9.67 Å². The molecule has 1 aromatic heterocycles. The third-order valence-corrected chi connectivity index (χ3v) is 6.20. The van der Waals surface area contributed by atoms with Crippen LogP contribution in [0.15, 0.2) is 18.2 Å². The number of para-hydroxylation sites is 1.